The summed E-state index contributed by atoms with van der Waals surface area (Å²) in [5.41, 5.74) is 4.87. The first-order valence-electron chi connectivity index (χ1n) is 10.6. The average molecular weight is 493 g/mol. The average Bonchev–Trinajstić information content (AvgIpc) is 3.40. The highest BCUT2D eigenvalue weighted by molar-refractivity contribution is 9.10. The zero-order chi connectivity index (χ0) is 22.2. The van der Waals surface area contributed by atoms with Crippen molar-refractivity contribution in [2.75, 3.05) is 43.4 Å². The molecule has 0 saturated carbocycles. The van der Waals surface area contributed by atoms with E-state index >= 15 is 0 Å². The standard InChI is InChI=1S/C24H25BrN6O/c1-28-9-11-30(12-10-28)23-14-22-18(13-21(23)25)7-8-31(22)24(32)27-20-5-3-17(4-6-20)19-15-26-29(2)16-19/h3-8,13-16H,9-12H2,1-2H3,(H,27,32). The second kappa shape index (κ2) is 8.44. The van der Waals surface area contributed by atoms with Gasteiger partial charge in [-0.25, -0.2) is 4.79 Å². The lowest BCUT2D eigenvalue weighted by molar-refractivity contribution is 0.254. The summed E-state index contributed by atoms with van der Waals surface area (Å²) in [6.45, 7) is 4.00. The number of rotatable bonds is 3. The number of benzene rings is 2. The van der Waals surface area contributed by atoms with Crippen LogP contribution in [0.2, 0.25) is 0 Å². The Kier molecular flexibility index (Phi) is 5.48. The number of nitrogens with zero attached hydrogens (tertiary/aromatic N) is 5. The number of piperazine rings is 1. The van der Waals surface area contributed by atoms with Crippen LogP contribution in [0.1, 0.15) is 0 Å². The minimum Gasteiger partial charge on any atom is -0.368 e. The molecule has 4 aromatic rings. The van der Waals surface area contributed by atoms with E-state index < -0.39 is 0 Å². The van der Waals surface area contributed by atoms with Crippen molar-refractivity contribution in [1.82, 2.24) is 19.2 Å². The molecule has 164 valence electrons. The summed E-state index contributed by atoms with van der Waals surface area (Å²) < 4.78 is 4.51. The molecule has 0 atom stereocenters. The molecule has 0 bridgehead atoms. The van der Waals surface area contributed by atoms with Gasteiger partial charge in [0, 0.05) is 66.7 Å². The minimum atomic E-state index is -0.180. The summed E-state index contributed by atoms with van der Waals surface area (Å²) in [6.07, 6.45) is 5.62. The van der Waals surface area contributed by atoms with Crippen molar-refractivity contribution >= 4 is 44.2 Å². The molecule has 1 aliphatic rings. The fourth-order valence-electron chi connectivity index (χ4n) is 4.11. The largest absolute Gasteiger partial charge is 0.368 e. The predicted molar refractivity (Wildman–Crippen MR) is 132 cm³/mol. The monoisotopic (exact) mass is 492 g/mol. The topological polar surface area (TPSA) is 58.3 Å². The Labute approximate surface area is 195 Å². The molecule has 5 rings (SSSR count). The van der Waals surface area contributed by atoms with Crippen LogP contribution in [0.5, 0.6) is 0 Å². The number of halogens is 1. The Morgan fingerprint density at radius 3 is 2.44 bits per heavy atom. The fourth-order valence-corrected chi connectivity index (χ4v) is 4.72. The van der Waals surface area contributed by atoms with Crippen molar-refractivity contribution in [2.24, 2.45) is 7.05 Å². The second-order valence-corrected chi connectivity index (χ2v) is 9.10. The third-order valence-electron chi connectivity index (χ3n) is 6.00. The van der Waals surface area contributed by atoms with Crippen molar-refractivity contribution in [1.29, 1.82) is 0 Å². The van der Waals surface area contributed by atoms with Crippen LogP contribution in [0.4, 0.5) is 16.2 Å². The summed E-state index contributed by atoms with van der Waals surface area (Å²) in [5.74, 6) is 0. The van der Waals surface area contributed by atoms with E-state index in [4.69, 9.17) is 0 Å². The third kappa shape index (κ3) is 4.03. The van der Waals surface area contributed by atoms with Gasteiger partial charge in [-0.2, -0.15) is 5.10 Å². The van der Waals surface area contributed by atoms with Crippen molar-refractivity contribution in [3.63, 3.8) is 0 Å². The highest BCUT2D eigenvalue weighted by Crippen LogP contribution is 2.33. The number of aromatic nitrogens is 3. The SMILES string of the molecule is CN1CCN(c2cc3c(ccn3C(=O)Nc3ccc(-c4cnn(C)c4)cc3)cc2Br)CC1. The Bertz CT molecular complexity index is 1270. The molecule has 32 heavy (non-hydrogen) atoms. The van der Waals surface area contributed by atoms with E-state index in [9.17, 15) is 4.79 Å². The van der Waals surface area contributed by atoms with Crippen LogP contribution in [0.15, 0.2) is 65.5 Å². The Morgan fingerprint density at radius 1 is 1.00 bits per heavy atom. The summed E-state index contributed by atoms with van der Waals surface area (Å²) in [5, 5.41) is 8.25. The molecule has 3 heterocycles. The molecule has 1 fully saturated rings. The normalized spacial score (nSPS) is 14.8. The number of anilines is 2. The van der Waals surface area contributed by atoms with Crippen LogP contribution in [0.25, 0.3) is 22.0 Å². The number of likely N-dealkylation sites (N-methyl/N-ethyl adjacent to an activating group) is 1. The summed E-state index contributed by atoms with van der Waals surface area (Å²) in [7, 11) is 4.04. The zero-order valence-corrected chi connectivity index (χ0v) is 19.7. The molecule has 0 unspecified atom stereocenters. The lowest BCUT2D eigenvalue weighted by Crippen LogP contribution is -2.44. The molecule has 0 radical (unpaired) electrons. The molecule has 1 saturated heterocycles. The highest BCUT2D eigenvalue weighted by Gasteiger charge is 2.19. The molecule has 2 aromatic heterocycles. The Morgan fingerprint density at radius 2 is 1.75 bits per heavy atom. The van der Waals surface area contributed by atoms with Crippen LogP contribution in [0.3, 0.4) is 0 Å². The smallest absolute Gasteiger partial charge is 0.330 e. The second-order valence-electron chi connectivity index (χ2n) is 8.25. The number of carbonyl (C=O) groups is 1. The van der Waals surface area contributed by atoms with E-state index in [1.807, 2.05) is 56.0 Å². The van der Waals surface area contributed by atoms with Crippen LogP contribution < -0.4 is 10.2 Å². The number of hydrogen-bond donors (Lipinski definition) is 1. The van der Waals surface area contributed by atoms with Gasteiger partial charge in [-0.3, -0.25) is 9.25 Å². The van der Waals surface area contributed by atoms with Gasteiger partial charge in [0.25, 0.3) is 0 Å². The van der Waals surface area contributed by atoms with E-state index in [-0.39, 0.29) is 6.03 Å². The Balaban J connectivity index is 1.38. The molecule has 0 spiro atoms. The van der Waals surface area contributed by atoms with Gasteiger partial charge in [0.2, 0.25) is 0 Å². The molecule has 2 aromatic carbocycles. The summed E-state index contributed by atoms with van der Waals surface area (Å²) in [4.78, 5) is 17.8. The maximum atomic E-state index is 13.1. The number of amides is 1. The van der Waals surface area contributed by atoms with Gasteiger partial charge in [-0.1, -0.05) is 12.1 Å². The van der Waals surface area contributed by atoms with Gasteiger partial charge in [-0.15, -0.1) is 0 Å². The van der Waals surface area contributed by atoms with E-state index in [1.54, 1.807) is 9.25 Å². The van der Waals surface area contributed by atoms with Gasteiger partial charge in [-0.05, 0) is 58.9 Å². The number of carbonyl (C=O) groups excluding carboxylic acids is 1. The van der Waals surface area contributed by atoms with Crippen LogP contribution in [0, 0.1) is 0 Å². The van der Waals surface area contributed by atoms with Crippen molar-refractivity contribution in [2.45, 2.75) is 0 Å². The first kappa shape index (κ1) is 20.8. The van der Waals surface area contributed by atoms with E-state index in [1.165, 1.54) is 0 Å². The zero-order valence-electron chi connectivity index (χ0n) is 18.1. The molecule has 8 heteroatoms. The van der Waals surface area contributed by atoms with Crippen molar-refractivity contribution in [3.8, 4) is 11.1 Å². The van der Waals surface area contributed by atoms with Gasteiger partial charge in [0.05, 0.1) is 17.4 Å². The Hall–Kier alpha value is -3.10. The first-order chi connectivity index (χ1) is 15.5. The van der Waals surface area contributed by atoms with E-state index in [0.717, 1.165) is 64.1 Å². The van der Waals surface area contributed by atoms with Crippen LogP contribution in [-0.2, 0) is 7.05 Å². The lowest BCUT2D eigenvalue weighted by atomic mass is 10.1. The van der Waals surface area contributed by atoms with Crippen molar-refractivity contribution in [3.05, 3.63) is 65.5 Å². The third-order valence-corrected chi connectivity index (χ3v) is 6.63. The molecular formula is C24H25BrN6O. The molecule has 0 aliphatic carbocycles. The number of aryl methyl sites for hydroxylation is 1. The molecule has 1 aliphatic heterocycles. The highest BCUT2D eigenvalue weighted by atomic mass is 79.9. The van der Waals surface area contributed by atoms with E-state index in [0.29, 0.717) is 0 Å². The number of fused-ring (bicyclic) bond motifs is 1. The van der Waals surface area contributed by atoms with Gasteiger partial charge >= 0.3 is 6.03 Å². The summed E-state index contributed by atoms with van der Waals surface area (Å²) >= 11 is 3.72. The quantitative estimate of drug-likeness (QED) is 0.452. The molecule has 7 nitrogen and oxygen atoms in total. The van der Waals surface area contributed by atoms with Crippen LogP contribution >= 0.6 is 15.9 Å². The number of hydrogen-bond acceptors (Lipinski definition) is 4. The molecular weight excluding hydrogens is 468 g/mol. The van der Waals surface area contributed by atoms with Crippen LogP contribution in [-0.4, -0.2) is 58.5 Å². The maximum Gasteiger partial charge on any atom is 0.330 e. The lowest BCUT2D eigenvalue weighted by Gasteiger charge is -2.34. The summed E-state index contributed by atoms with van der Waals surface area (Å²) in [6, 6.07) is 13.8. The molecule has 1 amide bonds. The van der Waals surface area contributed by atoms with Gasteiger partial charge in [0.1, 0.15) is 0 Å². The minimum absolute atomic E-state index is 0.180. The number of nitrogens with one attached hydrogen (secondary N) is 1. The maximum absolute atomic E-state index is 13.1. The van der Waals surface area contributed by atoms with Crippen molar-refractivity contribution < 1.29 is 4.79 Å². The first-order valence-corrected chi connectivity index (χ1v) is 11.4. The van der Waals surface area contributed by atoms with Gasteiger partial charge < -0.3 is 15.1 Å². The molecule has 1 N–H and O–H groups in total. The predicted octanol–water partition coefficient (Wildman–Crippen LogP) is 4.64. The fraction of sp³-hybridized carbons (Fsp3) is 0.250. The van der Waals surface area contributed by atoms with E-state index in [2.05, 4.69) is 55.3 Å². The van der Waals surface area contributed by atoms with Gasteiger partial charge in [0.15, 0.2) is 0 Å².